The molecule has 0 atom stereocenters. The van der Waals surface area contributed by atoms with Gasteiger partial charge in [-0.1, -0.05) is 31.2 Å². The second-order valence-corrected chi connectivity index (χ2v) is 4.07. The lowest BCUT2D eigenvalue weighted by atomic mass is 10.0. The van der Waals surface area contributed by atoms with Crippen molar-refractivity contribution < 1.29 is 4.79 Å². The Morgan fingerprint density at radius 2 is 1.82 bits per heavy atom. The number of rotatable bonds is 3. The zero-order chi connectivity index (χ0) is 12.3. The number of nitrogens with zero attached hydrogens (tertiary/aromatic N) is 1. The van der Waals surface area contributed by atoms with Crippen LogP contribution in [0.25, 0.3) is 11.1 Å². The molecule has 0 N–H and O–H groups in total. The number of hydrogen-bond donors (Lipinski definition) is 0. The first kappa shape index (κ1) is 11.5. The minimum Gasteiger partial charge on any atom is -0.294 e. The van der Waals surface area contributed by atoms with Crippen molar-refractivity contribution in [2.24, 2.45) is 0 Å². The Balaban J connectivity index is 2.38. The highest BCUT2D eigenvalue weighted by Crippen LogP contribution is 2.20. The summed E-state index contributed by atoms with van der Waals surface area (Å²) in [6, 6.07) is 10.2. The van der Waals surface area contributed by atoms with E-state index in [9.17, 15) is 4.79 Å². The maximum absolute atomic E-state index is 11.3. The van der Waals surface area contributed by atoms with Crippen LogP contribution in [0.2, 0.25) is 0 Å². The Morgan fingerprint density at radius 3 is 2.41 bits per heavy atom. The maximum atomic E-state index is 11.3. The second-order valence-electron chi connectivity index (χ2n) is 4.07. The molecule has 0 saturated heterocycles. The summed E-state index contributed by atoms with van der Waals surface area (Å²) in [5, 5.41) is 0. The molecule has 2 nitrogen and oxygen atoms in total. The van der Waals surface area contributed by atoms with E-state index in [1.807, 2.05) is 6.07 Å². The van der Waals surface area contributed by atoms with Crippen molar-refractivity contribution in [3.63, 3.8) is 0 Å². The van der Waals surface area contributed by atoms with Crippen molar-refractivity contribution in [1.29, 1.82) is 0 Å². The normalized spacial score (nSPS) is 10.2. The van der Waals surface area contributed by atoms with Crippen LogP contribution in [0, 0.1) is 0 Å². The highest BCUT2D eigenvalue weighted by atomic mass is 16.1. The van der Waals surface area contributed by atoms with E-state index in [2.05, 4.69) is 36.2 Å². The molecule has 2 heteroatoms. The zero-order valence-corrected chi connectivity index (χ0v) is 10.1. The van der Waals surface area contributed by atoms with Crippen molar-refractivity contribution in [3.8, 4) is 11.1 Å². The van der Waals surface area contributed by atoms with Gasteiger partial charge in [-0.15, -0.1) is 0 Å². The summed E-state index contributed by atoms with van der Waals surface area (Å²) in [6.45, 7) is 3.69. The molecule has 2 aromatic rings. The summed E-state index contributed by atoms with van der Waals surface area (Å²) in [4.78, 5) is 15.4. The molecule has 0 fully saturated rings. The summed E-state index contributed by atoms with van der Waals surface area (Å²) >= 11 is 0. The molecule has 0 bridgehead atoms. The van der Waals surface area contributed by atoms with Gasteiger partial charge in [-0.2, -0.15) is 0 Å². The first-order valence-electron chi connectivity index (χ1n) is 5.76. The second kappa shape index (κ2) is 4.91. The van der Waals surface area contributed by atoms with Gasteiger partial charge in [-0.25, -0.2) is 0 Å². The van der Waals surface area contributed by atoms with Gasteiger partial charge in [0.25, 0.3) is 0 Å². The van der Waals surface area contributed by atoms with E-state index < -0.39 is 0 Å². The maximum Gasteiger partial charge on any atom is 0.161 e. The molecule has 0 saturated carbocycles. The Kier molecular flexibility index (Phi) is 3.33. The Bertz CT molecular complexity index is 529. The number of pyridine rings is 1. The Labute approximate surface area is 101 Å². The number of carbonyl (C=O) groups is 1. The van der Waals surface area contributed by atoms with Crippen molar-refractivity contribution >= 4 is 5.78 Å². The lowest BCUT2D eigenvalue weighted by molar-refractivity contribution is 0.101. The minimum absolute atomic E-state index is 0.0459. The largest absolute Gasteiger partial charge is 0.294 e. The molecule has 0 radical (unpaired) electrons. The molecule has 0 amide bonds. The molecule has 0 aliphatic carbocycles. The van der Waals surface area contributed by atoms with Crippen LogP contribution >= 0.6 is 0 Å². The number of Topliss-reactive ketones (excluding diaryl/α,β-unsaturated/α-hetero) is 1. The van der Waals surface area contributed by atoms with Crippen molar-refractivity contribution in [2.75, 3.05) is 0 Å². The topological polar surface area (TPSA) is 30.0 Å². The van der Waals surface area contributed by atoms with E-state index in [0.717, 1.165) is 17.5 Å². The number of benzene rings is 1. The van der Waals surface area contributed by atoms with Crippen LogP contribution in [0.5, 0.6) is 0 Å². The summed E-state index contributed by atoms with van der Waals surface area (Å²) < 4.78 is 0. The minimum atomic E-state index is 0.0459. The van der Waals surface area contributed by atoms with Crippen LogP contribution in [0.1, 0.15) is 29.8 Å². The van der Waals surface area contributed by atoms with E-state index in [1.165, 1.54) is 5.56 Å². The van der Waals surface area contributed by atoms with Crippen LogP contribution < -0.4 is 0 Å². The number of ketones is 1. The van der Waals surface area contributed by atoms with Gasteiger partial charge < -0.3 is 0 Å². The van der Waals surface area contributed by atoms with Gasteiger partial charge in [-0.3, -0.25) is 9.78 Å². The van der Waals surface area contributed by atoms with Gasteiger partial charge in [0, 0.05) is 23.5 Å². The van der Waals surface area contributed by atoms with Crippen LogP contribution in [0.3, 0.4) is 0 Å². The van der Waals surface area contributed by atoms with E-state index in [4.69, 9.17) is 0 Å². The fourth-order valence-electron chi connectivity index (χ4n) is 1.72. The van der Waals surface area contributed by atoms with Crippen LogP contribution in [0.4, 0.5) is 0 Å². The quantitative estimate of drug-likeness (QED) is 0.748. The standard InChI is InChI=1S/C15H15NO/c1-3-12-4-6-13(7-5-12)15-8-14(11(2)17)9-16-10-15/h4-10H,3H2,1-2H3. The Hall–Kier alpha value is -1.96. The average molecular weight is 225 g/mol. The zero-order valence-electron chi connectivity index (χ0n) is 10.1. The van der Waals surface area contributed by atoms with Gasteiger partial charge in [0.05, 0.1) is 0 Å². The summed E-state index contributed by atoms with van der Waals surface area (Å²) in [7, 11) is 0. The third-order valence-electron chi connectivity index (χ3n) is 2.84. The molecule has 0 spiro atoms. The van der Waals surface area contributed by atoms with Gasteiger partial charge in [0.2, 0.25) is 0 Å². The molecule has 86 valence electrons. The molecule has 0 unspecified atom stereocenters. The van der Waals surface area contributed by atoms with Crippen LogP contribution in [-0.2, 0) is 6.42 Å². The predicted octanol–water partition coefficient (Wildman–Crippen LogP) is 3.51. The predicted molar refractivity (Wildman–Crippen MR) is 69.1 cm³/mol. The Morgan fingerprint density at radius 1 is 1.12 bits per heavy atom. The molecule has 17 heavy (non-hydrogen) atoms. The SMILES string of the molecule is CCc1ccc(-c2cncc(C(C)=O)c2)cc1. The molecule has 0 aliphatic rings. The van der Waals surface area contributed by atoms with E-state index in [1.54, 1.807) is 19.3 Å². The smallest absolute Gasteiger partial charge is 0.161 e. The highest BCUT2D eigenvalue weighted by Gasteiger charge is 2.03. The van der Waals surface area contributed by atoms with E-state index >= 15 is 0 Å². The van der Waals surface area contributed by atoms with Gasteiger partial charge >= 0.3 is 0 Å². The van der Waals surface area contributed by atoms with E-state index in [0.29, 0.717) is 5.56 Å². The molecule has 2 rings (SSSR count). The molecule has 1 aromatic heterocycles. The summed E-state index contributed by atoms with van der Waals surface area (Å²) in [6.07, 6.45) is 4.42. The number of aromatic nitrogens is 1. The molecular weight excluding hydrogens is 210 g/mol. The molecular formula is C15H15NO. The number of hydrogen-bond acceptors (Lipinski definition) is 2. The van der Waals surface area contributed by atoms with Gasteiger partial charge in [0.1, 0.15) is 0 Å². The van der Waals surface area contributed by atoms with Gasteiger partial charge in [0.15, 0.2) is 5.78 Å². The summed E-state index contributed by atoms with van der Waals surface area (Å²) in [5.74, 6) is 0.0459. The molecule has 1 aromatic carbocycles. The number of aryl methyl sites for hydroxylation is 1. The van der Waals surface area contributed by atoms with Crippen LogP contribution in [0.15, 0.2) is 42.7 Å². The number of carbonyl (C=O) groups excluding carboxylic acids is 1. The molecule has 0 aliphatic heterocycles. The monoisotopic (exact) mass is 225 g/mol. The van der Waals surface area contributed by atoms with Crippen molar-refractivity contribution in [1.82, 2.24) is 4.98 Å². The van der Waals surface area contributed by atoms with Crippen LogP contribution in [-0.4, -0.2) is 10.8 Å². The average Bonchev–Trinajstić information content (AvgIpc) is 2.39. The molecule has 1 heterocycles. The first-order chi connectivity index (χ1) is 8.20. The lowest BCUT2D eigenvalue weighted by Gasteiger charge is -2.04. The highest BCUT2D eigenvalue weighted by molar-refractivity contribution is 5.94. The first-order valence-corrected chi connectivity index (χ1v) is 5.76. The fourth-order valence-corrected chi connectivity index (χ4v) is 1.72. The van der Waals surface area contributed by atoms with Gasteiger partial charge in [-0.05, 0) is 30.5 Å². The third-order valence-corrected chi connectivity index (χ3v) is 2.84. The van der Waals surface area contributed by atoms with Crippen molar-refractivity contribution in [3.05, 3.63) is 53.9 Å². The van der Waals surface area contributed by atoms with E-state index in [-0.39, 0.29) is 5.78 Å². The fraction of sp³-hybridized carbons (Fsp3) is 0.200. The third kappa shape index (κ3) is 2.59. The van der Waals surface area contributed by atoms with Crippen molar-refractivity contribution in [2.45, 2.75) is 20.3 Å². The lowest BCUT2D eigenvalue weighted by Crippen LogP contribution is -1.93. The summed E-state index contributed by atoms with van der Waals surface area (Å²) in [5.41, 5.74) is 4.05.